The molecule has 1 rings (SSSR count). The molecule has 1 unspecified atom stereocenters. The molecular weight excluding hydrogens is 150 g/mol. The number of hydrogen-bond donors (Lipinski definition) is 1. The van der Waals surface area contributed by atoms with Crippen LogP contribution in [-0.2, 0) is 4.74 Å². The lowest BCUT2D eigenvalue weighted by atomic mass is 10.0. The van der Waals surface area contributed by atoms with E-state index in [1.54, 1.807) is 0 Å². The van der Waals surface area contributed by atoms with Gasteiger partial charge in [0.1, 0.15) is 5.72 Å². The predicted molar refractivity (Wildman–Crippen MR) is 51.1 cm³/mol. The van der Waals surface area contributed by atoms with Crippen molar-refractivity contribution >= 4 is 0 Å². The zero-order valence-electron chi connectivity index (χ0n) is 8.52. The second-order valence-corrected chi connectivity index (χ2v) is 3.56. The minimum Gasteiger partial charge on any atom is -0.357 e. The molecule has 1 N–H and O–H groups in total. The molecule has 0 spiro atoms. The highest BCUT2D eigenvalue weighted by Gasteiger charge is 2.32. The average Bonchev–Trinajstić information content (AvgIpc) is 2.18. The van der Waals surface area contributed by atoms with Crippen molar-refractivity contribution in [2.24, 2.45) is 0 Å². The molecule has 1 heterocycles. The number of rotatable bonds is 3. The fourth-order valence-electron chi connectivity index (χ4n) is 1.83. The van der Waals surface area contributed by atoms with Crippen LogP contribution in [0.2, 0.25) is 0 Å². The summed E-state index contributed by atoms with van der Waals surface area (Å²) >= 11 is 0. The third kappa shape index (κ3) is 1.99. The van der Waals surface area contributed by atoms with Crippen molar-refractivity contribution in [3.8, 4) is 0 Å². The Hall–Kier alpha value is -0.0800. The molecule has 1 atom stereocenters. The van der Waals surface area contributed by atoms with E-state index < -0.39 is 0 Å². The Labute approximate surface area is 75.7 Å². The van der Waals surface area contributed by atoms with Crippen LogP contribution in [0.5, 0.6) is 0 Å². The van der Waals surface area contributed by atoms with E-state index in [1.165, 1.54) is 0 Å². The van der Waals surface area contributed by atoms with Crippen LogP contribution in [0.3, 0.4) is 0 Å². The third-order valence-corrected chi connectivity index (χ3v) is 2.90. The highest BCUT2D eigenvalue weighted by molar-refractivity contribution is 4.81. The van der Waals surface area contributed by atoms with E-state index in [4.69, 9.17) is 4.74 Å². The first-order valence-corrected chi connectivity index (χ1v) is 5.19. The molecule has 1 fully saturated rings. The van der Waals surface area contributed by atoms with Crippen LogP contribution >= 0.6 is 0 Å². The lowest BCUT2D eigenvalue weighted by molar-refractivity contribution is -0.146. The van der Waals surface area contributed by atoms with Crippen molar-refractivity contribution < 1.29 is 4.74 Å². The lowest BCUT2D eigenvalue weighted by Crippen LogP contribution is -2.53. The van der Waals surface area contributed by atoms with E-state index in [1.807, 2.05) is 0 Å². The summed E-state index contributed by atoms with van der Waals surface area (Å²) < 4.78 is 6.01. The fraction of sp³-hybridized carbons (Fsp3) is 1.00. The largest absolute Gasteiger partial charge is 0.357 e. The minimum absolute atomic E-state index is 0.0150. The summed E-state index contributed by atoms with van der Waals surface area (Å²) in [5.74, 6) is 0. The standard InChI is InChI=1S/C10H21NO/c1-4-9-7-8-11-10(5-2,6-3)12-9/h9,11H,4-8H2,1-3H3. The molecule has 0 bridgehead atoms. The second-order valence-electron chi connectivity index (χ2n) is 3.56. The Balaban J connectivity index is 2.52. The normalized spacial score (nSPS) is 28.8. The van der Waals surface area contributed by atoms with Crippen molar-refractivity contribution in [1.29, 1.82) is 0 Å². The number of nitrogens with one attached hydrogen (secondary N) is 1. The monoisotopic (exact) mass is 171 g/mol. The maximum absolute atomic E-state index is 6.01. The number of hydrogen-bond acceptors (Lipinski definition) is 2. The molecule has 0 radical (unpaired) electrons. The van der Waals surface area contributed by atoms with E-state index in [-0.39, 0.29) is 5.72 Å². The quantitative estimate of drug-likeness (QED) is 0.703. The van der Waals surface area contributed by atoms with Gasteiger partial charge in [0.2, 0.25) is 0 Å². The molecule has 2 nitrogen and oxygen atoms in total. The molecule has 2 heteroatoms. The highest BCUT2D eigenvalue weighted by Crippen LogP contribution is 2.25. The number of ether oxygens (including phenoxy) is 1. The first kappa shape index (κ1) is 10.0. The molecule has 0 amide bonds. The Morgan fingerprint density at radius 3 is 2.50 bits per heavy atom. The smallest absolute Gasteiger partial charge is 0.119 e. The molecule has 0 aromatic heterocycles. The van der Waals surface area contributed by atoms with E-state index in [0.29, 0.717) is 6.10 Å². The van der Waals surface area contributed by atoms with E-state index in [0.717, 1.165) is 32.2 Å². The van der Waals surface area contributed by atoms with Crippen LogP contribution < -0.4 is 5.32 Å². The van der Waals surface area contributed by atoms with Gasteiger partial charge in [0.15, 0.2) is 0 Å². The van der Waals surface area contributed by atoms with Crippen LogP contribution in [0.4, 0.5) is 0 Å². The van der Waals surface area contributed by atoms with Crippen LogP contribution in [0, 0.1) is 0 Å². The van der Waals surface area contributed by atoms with Crippen molar-refractivity contribution in [3.63, 3.8) is 0 Å². The summed E-state index contributed by atoms with van der Waals surface area (Å²) in [6.07, 6.45) is 4.92. The van der Waals surface area contributed by atoms with Gasteiger partial charge >= 0.3 is 0 Å². The topological polar surface area (TPSA) is 21.3 Å². The fourth-order valence-corrected chi connectivity index (χ4v) is 1.83. The maximum Gasteiger partial charge on any atom is 0.119 e. The van der Waals surface area contributed by atoms with Crippen molar-refractivity contribution in [2.75, 3.05) is 6.54 Å². The molecule has 1 saturated heterocycles. The van der Waals surface area contributed by atoms with E-state index in [2.05, 4.69) is 26.1 Å². The summed E-state index contributed by atoms with van der Waals surface area (Å²) in [4.78, 5) is 0. The molecule has 1 aliphatic rings. The lowest BCUT2D eigenvalue weighted by Gasteiger charge is -2.41. The molecule has 0 aromatic carbocycles. The third-order valence-electron chi connectivity index (χ3n) is 2.90. The molecule has 0 aliphatic carbocycles. The van der Waals surface area contributed by atoms with Gasteiger partial charge in [0.05, 0.1) is 6.10 Å². The Bertz CT molecular complexity index is 132. The van der Waals surface area contributed by atoms with Crippen molar-refractivity contribution in [1.82, 2.24) is 5.32 Å². The van der Waals surface area contributed by atoms with Gasteiger partial charge in [-0.05, 0) is 25.7 Å². The van der Waals surface area contributed by atoms with Crippen LogP contribution in [0.1, 0.15) is 46.5 Å². The van der Waals surface area contributed by atoms with Gasteiger partial charge in [-0.3, -0.25) is 5.32 Å². The average molecular weight is 171 g/mol. The molecule has 12 heavy (non-hydrogen) atoms. The van der Waals surface area contributed by atoms with Gasteiger partial charge in [0, 0.05) is 6.54 Å². The first-order valence-electron chi connectivity index (χ1n) is 5.19. The van der Waals surface area contributed by atoms with Crippen LogP contribution in [0.25, 0.3) is 0 Å². The molecule has 0 saturated carbocycles. The zero-order valence-corrected chi connectivity index (χ0v) is 8.52. The molecule has 1 aliphatic heterocycles. The summed E-state index contributed by atoms with van der Waals surface area (Å²) in [5, 5.41) is 3.47. The predicted octanol–water partition coefficient (Wildman–Crippen LogP) is 2.29. The molecule has 0 aromatic rings. The SMILES string of the molecule is CCC1CCNC(CC)(CC)O1. The van der Waals surface area contributed by atoms with Gasteiger partial charge in [-0.2, -0.15) is 0 Å². The Morgan fingerprint density at radius 1 is 1.33 bits per heavy atom. The van der Waals surface area contributed by atoms with Gasteiger partial charge in [-0.1, -0.05) is 20.8 Å². The van der Waals surface area contributed by atoms with Gasteiger partial charge in [-0.15, -0.1) is 0 Å². The summed E-state index contributed by atoms with van der Waals surface area (Å²) in [5.41, 5.74) is -0.0150. The summed E-state index contributed by atoms with van der Waals surface area (Å²) in [7, 11) is 0. The van der Waals surface area contributed by atoms with Crippen LogP contribution in [-0.4, -0.2) is 18.4 Å². The Morgan fingerprint density at radius 2 is 2.00 bits per heavy atom. The van der Waals surface area contributed by atoms with Gasteiger partial charge < -0.3 is 4.74 Å². The maximum atomic E-state index is 6.01. The summed E-state index contributed by atoms with van der Waals surface area (Å²) in [6.45, 7) is 7.69. The van der Waals surface area contributed by atoms with Crippen molar-refractivity contribution in [3.05, 3.63) is 0 Å². The van der Waals surface area contributed by atoms with E-state index >= 15 is 0 Å². The summed E-state index contributed by atoms with van der Waals surface area (Å²) in [6, 6.07) is 0. The highest BCUT2D eigenvalue weighted by atomic mass is 16.5. The van der Waals surface area contributed by atoms with Gasteiger partial charge in [-0.25, -0.2) is 0 Å². The second kappa shape index (κ2) is 4.24. The Kier molecular flexibility index (Phi) is 3.53. The van der Waals surface area contributed by atoms with Crippen molar-refractivity contribution in [2.45, 2.75) is 58.3 Å². The van der Waals surface area contributed by atoms with Crippen LogP contribution in [0.15, 0.2) is 0 Å². The molecule has 72 valence electrons. The molecular formula is C10H21NO. The zero-order chi connectivity index (χ0) is 9.03. The minimum atomic E-state index is -0.0150. The first-order chi connectivity index (χ1) is 5.76. The van der Waals surface area contributed by atoms with Gasteiger partial charge in [0.25, 0.3) is 0 Å². The van der Waals surface area contributed by atoms with E-state index in [9.17, 15) is 0 Å².